The van der Waals surface area contributed by atoms with Crippen LogP contribution in [0.3, 0.4) is 0 Å². The van der Waals surface area contributed by atoms with Crippen LogP contribution in [0.4, 0.5) is 10.2 Å². The number of anilines is 1. The minimum absolute atomic E-state index is 0.261. The van der Waals surface area contributed by atoms with E-state index in [0.717, 1.165) is 6.54 Å². The largest absolute Gasteiger partial charge is 0.491 e. The fourth-order valence-electron chi connectivity index (χ4n) is 1.92. The number of rotatable bonds is 4. The van der Waals surface area contributed by atoms with Gasteiger partial charge >= 0.3 is 0 Å². The molecule has 0 aliphatic rings. The summed E-state index contributed by atoms with van der Waals surface area (Å²) < 4.78 is 19.0. The molecular weight excluding hydrogens is 245 g/mol. The summed E-state index contributed by atoms with van der Waals surface area (Å²) in [5.74, 6) is 0.875. The highest BCUT2D eigenvalue weighted by Crippen LogP contribution is 2.34. The summed E-state index contributed by atoms with van der Waals surface area (Å²) in [5.41, 5.74) is 1.84. The average molecular weight is 261 g/mol. The average Bonchev–Trinajstić information content (AvgIpc) is 2.42. The van der Waals surface area contributed by atoms with Crippen LogP contribution in [0.15, 0.2) is 24.5 Å². The molecule has 0 radical (unpaired) electrons. The summed E-state index contributed by atoms with van der Waals surface area (Å²) in [7, 11) is 1.55. The van der Waals surface area contributed by atoms with E-state index in [2.05, 4.69) is 15.3 Å². The molecule has 1 N–H and O–H groups in total. The van der Waals surface area contributed by atoms with Crippen molar-refractivity contribution in [2.75, 3.05) is 19.0 Å². The lowest BCUT2D eigenvalue weighted by Gasteiger charge is -2.13. The summed E-state index contributed by atoms with van der Waals surface area (Å²) in [6.07, 6.45) is 1.44. The van der Waals surface area contributed by atoms with Gasteiger partial charge in [0.2, 0.25) is 0 Å². The summed E-state index contributed by atoms with van der Waals surface area (Å²) >= 11 is 0. The van der Waals surface area contributed by atoms with Gasteiger partial charge in [0.15, 0.2) is 11.6 Å². The van der Waals surface area contributed by atoms with Gasteiger partial charge in [0.1, 0.15) is 17.8 Å². The van der Waals surface area contributed by atoms with Gasteiger partial charge in [-0.3, -0.25) is 0 Å². The molecule has 1 heterocycles. The normalized spacial score (nSPS) is 10.3. The molecule has 0 atom stereocenters. The summed E-state index contributed by atoms with van der Waals surface area (Å²) in [6.45, 7) is 4.41. The van der Waals surface area contributed by atoms with E-state index in [0.29, 0.717) is 28.4 Å². The van der Waals surface area contributed by atoms with Crippen LogP contribution >= 0.6 is 0 Å². The number of ether oxygens (including phenoxy) is 1. The number of nitrogens with zero attached hydrogens (tertiary/aromatic N) is 2. The van der Waals surface area contributed by atoms with Gasteiger partial charge in [-0.25, -0.2) is 14.4 Å². The molecule has 1 aromatic carbocycles. The van der Waals surface area contributed by atoms with Crippen LogP contribution < -0.4 is 10.1 Å². The monoisotopic (exact) mass is 261 g/mol. The minimum Gasteiger partial charge on any atom is -0.491 e. The van der Waals surface area contributed by atoms with Crippen LogP contribution in [0.5, 0.6) is 5.75 Å². The van der Waals surface area contributed by atoms with E-state index in [1.807, 2.05) is 13.0 Å². The van der Waals surface area contributed by atoms with Crippen LogP contribution in [-0.4, -0.2) is 23.6 Å². The van der Waals surface area contributed by atoms with Crippen molar-refractivity contribution in [1.82, 2.24) is 9.97 Å². The highest BCUT2D eigenvalue weighted by atomic mass is 19.1. The van der Waals surface area contributed by atoms with E-state index in [9.17, 15) is 4.39 Å². The van der Waals surface area contributed by atoms with Gasteiger partial charge < -0.3 is 10.1 Å². The molecule has 0 amide bonds. The van der Waals surface area contributed by atoms with E-state index in [4.69, 9.17) is 4.74 Å². The van der Waals surface area contributed by atoms with Crippen molar-refractivity contribution in [3.63, 3.8) is 0 Å². The highest BCUT2D eigenvalue weighted by Gasteiger charge is 2.16. The molecule has 0 aliphatic carbocycles. The third-order valence-corrected chi connectivity index (χ3v) is 2.87. The number of halogens is 1. The Morgan fingerprint density at radius 3 is 2.79 bits per heavy atom. The SMILES string of the molecule is CCNc1ncnc(-c2cccc(F)c2C)c1OC. The van der Waals surface area contributed by atoms with Gasteiger partial charge in [-0.15, -0.1) is 0 Å². The Hall–Kier alpha value is -2.17. The molecule has 0 saturated carbocycles. The zero-order chi connectivity index (χ0) is 13.8. The van der Waals surface area contributed by atoms with Crippen LogP contribution in [0, 0.1) is 12.7 Å². The van der Waals surface area contributed by atoms with Gasteiger partial charge in [-0.05, 0) is 25.5 Å². The van der Waals surface area contributed by atoms with Gasteiger partial charge in [-0.1, -0.05) is 12.1 Å². The molecule has 0 saturated heterocycles. The van der Waals surface area contributed by atoms with E-state index in [-0.39, 0.29) is 5.82 Å². The Morgan fingerprint density at radius 2 is 2.11 bits per heavy atom. The maximum absolute atomic E-state index is 13.6. The van der Waals surface area contributed by atoms with Crippen LogP contribution in [0.1, 0.15) is 12.5 Å². The van der Waals surface area contributed by atoms with E-state index in [1.54, 1.807) is 20.1 Å². The lowest BCUT2D eigenvalue weighted by molar-refractivity contribution is 0.414. The number of hydrogen-bond donors (Lipinski definition) is 1. The molecule has 1 aromatic heterocycles. The summed E-state index contributed by atoms with van der Waals surface area (Å²) in [5, 5.41) is 3.10. The van der Waals surface area contributed by atoms with Crippen molar-refractivity contribution in [3.05, 3.63) is 35.9 Å². The molecule has 2 aromatic rings. The number of aromatic nitrogens is 2. The number of nitrogens with one attached hydrogen (secondary N) is 1. The first kappa shape index (κ1) is 13.3. The standard InChI is InChI=1S/C14H16FN3O/c1-4-16-14-13(19-3)12(17-8-18-14)10-6-5-7-11(15)9(10)2/h5-8H,4H2,1-3H3,(H,16,17,18). The Balaban J connectivity index is 2.61. The van der Waals surface area contributed by atoms with Crippen molar-refractivity contribution >= 4 is 5.82 Å². The molecule has 0 aliphatic heterocycles. The molecule has 0 unspecified atom stereocenters. The summed E-state index contributed by atoms with van der Waals surface area (Å²) in [6, 6.07) is 4.91. The van der Waals surface area contributed by atoms with Crippen molar-refractivity contribution in [2.45, 2.75) is 13.8 Å². The molecule has 4 nitrogen and oxygen atoms in total. The molecule has 0 spiro atoms. The van der Waals surface area contributed by atoms with Crippen LogP contribution in [0.2, 0.25) is 0 Å². The fourth-order valence-corrected chi connectivity index (χ4v) is 1.92. The van der Waals surface area contributed by atoms with Gasteiger partial charge in [0.25, 0.3) is 0 Å². The molecule has 100 valence electrons. The Labute approximate surface area is 111 Å². The number of benzene rings is 1. The predicted octanol–water partition coefficient (Wildman–Crippen LogP) is 3.03. The molecule has 2 rings (SSSR count). The summed E-state index contributed by atoms with van der Waals surface area (Å²) in [4.78, 5) is 8.36. The van der Waals surface area contributed by atoms with Crippen molar-refractivity contribution in [3.8, 4) is 17.0 Å². The maximum atomic E-state index is 13.6. The van der Waals surface area contributed by atoms with Crippen LogP contribution in [-0.2, 0) is 0 Å². The topological polar surface area (TPSA) is 47.0 Å². The third-order valence-electron chi connectivity index (χ3n) is 2.87. The second-order valence-electron chi connectivity index (χ2n) is 4.05. The predicted molar refractivity (Wildman–Crippen MR) is 72.9 cm³/mol. The number of hydrogen-bond acceptors (Lipinski definition) is 4. The molecule has 0 bridgehead atoms. The van der Waals surface area contributed by atoms with Crippen LogP contribution in [0.25, 0.3) is 11.3 Å². The maximum Gasteiger partial charge on any atom is 0.187 e. The zero-order valence-corrected chi connectivity index (χ0v) is 11.2. The van der Waals surface area contributed by atoms with E-state index in [1.165, 1.54) is 12.4 Å². The van der Waals surface area contributed by atoms with Crippen molar-refractivity contribution < 1.29 is 9.13 Å². The van der Waals surface area contributed by atoms with E-state index < -0.39 is 0 Å². The second-order valence-corrected chi connectivity index (χ2v) is 4.05. The van der Waals surface area contributed by atoms with Gasteiger partial charge in [0, 0.05) is 12.1 Å². The lowest BCUT2D eigenvalue weighted by atomic mass is 10.0. The Morgan fingerprint density at radius 1 is 1.32 bits per heavy atom. The molecule has 5 heteroatoms. The van der Waals surface area contributed by atoms with Crippen molar-refractivity contribution in [1.29, 1.82) is 0 Å². The smallest absolute Gasteiger partial charge is 0.187 e. The first-order valence-electron chi connectivity index (χ1n) is 6.07. The molecule has 0 fully saturated rings. The zero-order valence-electron chi connectivity index (χ0n) is 11.2. The second kappa shape index (κ2) is 5.65. The quantitative estimate of drug-likeness (QED) is 0.919. The fraction of sp³-hybridized carbons (Fsp3) is 0.286. The van der Waals surface area contributed by atoms with Gasteiger partial charge in [-0.2, -0.15) is 0 Å². The Bertz CT molecular complexity index is 587. The molecular formula is C14H16FN3O. The van der Waals surface area contributed by atoms with Crippen molar-refractivity contribution in [2.24, 2.45) is 0 Å². The first-order valence-corrected chi connectivity index (χ1v) is 6.07. The third kappa shape index (κ3) is 2.50. The Kier molecular flexibility index (Phi) is 3.94. The van der Waals surface area contributed by atoms with Gasteiger partial charge in [0.05, 0.1) is 7.11 Å². The lowest BCUT2D eigenvalue weighted by Crippen LogP contribution is -2.04. The highest BCUT2D eigenvalue weighted by molar-refractivity contribution is 5.74. The first-order chi connectivity index (χ1) is 9.19. The molecule has 19 heavy (non-hydrogen) atoms. The minimum atomic E-state index is -0.261. The number of methoxy groups -OCH3 is 1. The van der Waals surface area contributed by atoms with E-state index >= 15 is 0 Å².